The van der Waals surface area contributed by atoms with Crippen LogP contribution in [-0.4, -0.2) is 39.9 Å². The first-order valence-electron chi connectivity index (χ1n) is 9.62. The number of anilines is 1. The maximum atomic E-state index is 14.7. The molecule has 3 aromatic rings. The van der Waals surface area contributed by atoms with E-state index in [1.54, 1.807) is 6.20 Å². The quantitative estimate of drug-likeness (QED) is 0.717. The number of carbonyl (C=O) groups is 1. The number of hydrogen-bond acceptors (Lipinski definition) is 4. The lowest BCUT2D eigenvalue weighted by Gasteiger charge is -2.27. The number of pyridine rings is 1. The van der Waals surface area contributed by atoms with E-state index in [0.29, 0.717) is 18.8 Å². The summed E-state index contributed by atoms with van der Waals surface area (Å²) in [6, 6.07) is 9.49. The highest BCUT2D eigenvalue weighted by atomic mass is 19.1. The van der Waals surface area contributed by atoms with Crippen molar-refractivity contribution in [2.24, 2.45) is 0 Å². The third kappa shape index (κ3) is 2.39. The van der Waals surface area contributed by atoms with Crippen molar-refractivity contribution in [3.63, 3.8) is 0 Å². The smallest absolute Gasteiger partial charge is 0.235 e. The van der Waals surface area contributed by atoms with Crippen LogP contribution in [0.2, 0.25) is 0 Å². The zero-order valence-electron chi connectivity index (χ0n) is 15.9. The fourth-order valence-electron chi connectivity index (χ4n) is 4.39. The fourth-order valence-corrected chi connectivity index (χ4v) is 4.39. The van der Waals surface area contributed by atoms with E-state index in [1.807, 2.05) is 48.9 Å². The Bertz CT molecular complexity index is 1090. The van der Waals surface area contributed by atoms with Crippen LogP contribution in [-0.2, 0) is 10.2 Å². The summed E-state index contributed by atoms with van der Waals surface area (Å²) in [7, 11) is 0. The molecule has 0 bridgehead atoms. The van der Waals surface area contributed by atoms with Gasteiger partial charge in [-0.3, -0.25) is 9.48 Å². The summed E-state index contributed by atoms with van der Waals surface area (Å²) in [5, 5.41) is 11.8. The minimum Gasteiger partial charge on any atom is -0.314 e. The van der Waals surface area contributed by atoms with Gasteiger partial charge in [0.1, 0.15) is 17.7 Å². The van der Waals surface area contributed by atoms with Crippen molar-refractivity contribution in [3.05, 3.63) is 42.1 Å². The lowest BCUT2D eigenvalue weighted by molar-refractivity contribution is -0.119. The van der Waals surface area contributed by atoms with Gasteiger partial charge in [0.05, 0.1) is 17.0 Å². The number of nitrogens with zero attached hydrogens (tertiary/aromatic N) is 3. The predicted molar refractivity (Wildman–Crippen MR) is 106 cm³/mol. The number of benzene rings is 1. The van der Waals surface area contributed by atoms with E-state index in [4.69, 9.17) is 5.10 Å². The highest BCUT2D eigenvalue weighted by molar-refractivity contribution is 6.08. The number of hydrogen-bond donors (Lipinski definition) is 2. The number of halogens is 1. The second-order valence-electron chi connectivity index (χ2n) is 8.05. The normalized spacial score (nSPS) is 23.6. The molecular weight excluding hydrogens is 357 g/mol. The molecule has 1 aromatic carbocycles. The van der Waals surface area contributed by atoms with Crippen molar-refractivity contribution in [1.82, 2.24) is 20.1 Å². The highest BCUT2D eigenvalue weighted by Gasteiger charge is 2.42. The standard InChI is InChI=1S/C21H22FN5O/c1-21(2)17-13(7-10-24-19(17)25-20(21)28)18-12-5-3-4-6-15(12)27(26-18)16-8-9-23-11-14(16)22/h3-7,10,14,16,23H,8-9,11H2,1-2H3,(H,24,25,28)/t14-,16+/m0/s1. The molecule has 2 N–H and O–H groups in total. The lowest BCUT2D eigenvalue weighted by Crippen LogP contribution is -2.39. The molecule has 0 aliphatic carbocycles. The number of fused-ring (bicyclic) bond motifs is 2. The van der Waals surface area contributed by atoms with E-state index in [2.05, 4.69) is 15.6 Å². The number of amides is 1. The molecule has 1 fully saturated rings. The van der Waals surface area contributed by atoms with Gasteiger partial charge in [-0.15, -0.1) is 0 Å². The summed E-state index contributed by atoms with van der Waals surface area (Å²) in [5.74, 6) is 0.504. The van der Waals surface area contributed by atoms with Gasteiger partial charge in [-0.1, -0.05) is 18.2 Å². The zero-order valence-corrected chi connectivity index (χ0v) is 15.9. The summed E-state index contributed by atoms with van der Waals surface area (Å²) >= 11 is 0. The number of para-hydroxylation sites is 1. The van der Waals surface area contributed by atoms with Crippen LogP contribution in [0, 0.1) is 0 Å². The Kier molecular flexibility index (Phi) is 3.77. The summed E-state index contributed by atoms with van der Waals surface area (Å²) in [6.07, 6.45) is 1.38. The van der Waals surface area contributed by atoms with Crippen molar-refractivity contribution in [2.45, 2.75) is 37.9 Å². The maximum absolute atomic E-state index is 14.7. The SMILES string of the molecule is CC1(C)C(=O)Nc2nccc(-c3nn([C@@H]4CCNC[C@@H]4F)c4ccccc34)c21. The van der Waals surface area contributed by atoms with Gasteiger partial charge in [0, 0.05) is 29.3 Å². The first kappa shape index (κ1) is 17.3. The Labute approximate surface area is 162 Å². The summed E-state index contributed by atoms with van der Waals surface area (Å²) < 4.78 is 16.5. The van der Waals surface area contributed by atoms with Crippen molar-refractivity contribution in [1.29, 1.82) is 0 Å². The van der Waals surface area contributed by atoms with Crippen LogP contribution in [0.25, 0.3) is 22.2 Å². The molecule has 6 nitrogen and oxygen atoms in total. The van der Waals surface area contributed by atoms with Gasteiger partial charge >= 0.3 is 0 Å². The van der Waals surface area contributed by atoms with Crippen LogP contribution < -0.4 is 10.6 Å². The molecule has 2 atom stereocenters. The second kappa shape index (κ2) is 6.10. The first-order chi connectivity index (χ1) is 13.5. The molecule has 0 saturated carbocycles. The Balaban J connectivity index is 1.75. The maximum Gasteiger partial charge on any atom is 0.235 e. The molecule has 2 aliphatic rings. The van der Waals surface area contributed by atoms with E-state index in [-0.39, 0.29) is 11.9 Å². The largest absolute Gasteiger partial charge is 0.314 e. The molecule has 28 heavy (non-hydrogen) atoms. The second-order valence-corrected chi connectivity index (χ2v) is 8.05. The molecular formula is C21H22FN5O. The zero-order chi connectivity index (χ0) is 19.5. The van der Waals surface area contributed by atoms with Crippen LogP contribution in [0.4, 0.5) is 10.2 Å². The van der Waals surface area contributed by atoms with Crippen LogP contribution >= 0.6 is 0 Å². The van der Waals surface area contributed by atoms with Crippen molar-refractivity contribution >= 4 is 22.6 Å². The summed E-state index contributed by atoms with van der Waals surface area (Å²) in [6.45, 7) is 4.89. The van der Waals surface area contributed by atoms with Gasteiger partial charge < -0.3 is 10.6 Å². The molecule has 0 radical (unpaired) electrons. The molecule has 1 saturated heterocycles. The molecule has 1 amide bonds. The monoisotopic (exact) mass is 379 g/mol. The van der Waals surface area contributed by atoms with Crippen LogP contribution in [0.5, 0.6) is 0 Å². The topological polar surface area (TPSA) is 71.8 Å². The van der Waals surface area contributed by atoms with E-state index in [9.17, 15) is 9.18 Å². The van der Waals surface area contributed by atoms with Crippen LogP contribution in [0.15, 0.2) is 36.5 Å². The van der Waals surface area contributed by atoms with E-state index < -0.39 is 11.6 Å². The van der Waals surface area contributed by atoms with E-state index in [1.165, 1.54) is 0 Å². The molecule has 7 heteroatoms. The Hall–Kier alpha value is -2.80. The number of alkyl halides is 1. The van der Waals surface area contributed by atoms with Crippen molar-refractivity contribution in [2.75, 3.05) is 18.4 Å². The molecule has 0 spiro atoms. The number of aromatic nitrogens is 3. The van der Waals surface area contributed by atoms with Gasteiger partial charge in [0.2, 0.25) is 5.91 Å². The fraction of sp³-hybridized carbons (Fsp3) is 0.381. The van der Waals surface area contributed by atoms with Crippen LogP contribution in [0.1, 0.15) is 31.9 Å². The molecule has 2 aromatic heterocycles. The van der Waals surface area contributed by atoms with Gasteiger partial charge in [0.15, 0.2) is 0 Å². The lowest BCUT2D eigenvalue weighted by atomic mass is 9.83. The number of carbonyl (C=O) groups excluding carboxylic acids is 1. The Morgan fingerprint density at radius 2 is 2.07 bits per heavy atom. The van der Waals surface area contributed by atoms with Crippen molar-refractivity contribution in [3.8, 4) is 11.3 Å². The minimum absolute atomic E-state index is 0.0756. The van der Waals surface area contributed by atoms with Crippen molar-refractivity contribution < 1.29 is 9.18 Å². The Morgan fingerprint density at radius 3 is 2.89 bits per heavy atom. The highest BCUT2D eigenvalue weighted by Crippen LogP contribution is 2.44. The van der Waals surface area contributed by atoms with Gasteiger partial charge in [-0.2, -0.15) is 5.10 Å². The minimum atomic E-state index is -0.993. The van der Waals surface area contributed by atoms with Gasteiger partial charge in [0.25, 0.3) is 0 Å². The third-order valence-corrected chi connectivity index (χ3v) is 5.93. The van der Waals surface area contributed by atoms with Gasteiger partial charge in [-0.25, -0.2) is 9.37 Å². The number of piperidine rings is 1. The molecule has 2 aliphatic heterocycles. The summed E-state index contributed by atoms with van der Waals surface area (Å²) in [4.78, 5) is 16.8. The molecule has 4 heterocycles. The first-order valence-corrected chi connectivity index (χ1v) is 9.62. The number of rotatable bonds is 2. The van der Waals surface area contributed by atoms with E-state index >= 15 is 0 Å². The molecule has 5 rings (SSSR count). The summed E-state index contributed by atoms with van der Waals surface area (Å²) in [5.41, 5.74) is 2.68. The molecule has 144 valence electrons. The van der Waals surface area contributed by atoms with E-state index in [0.717, 1.165) is 34.3 Å². The Morgan fingerprint density at radius 1 is 1.25 bits per heavy atom. The average molecular weight is 379 g/mol. The average Bonchev–Trinajstić information content (AvgIpc) is 3.18. The third-order valence-electron chi connectivity index (χ3n) is 5.93. The predicted octanol–water partition coefficient (Wildman–Crippen LogP) is 3.20. The number of nitrogens with one attached hydrogen (secondary N) is 2. The van der Waals surface area contributed by atoms with Crippen LogP contribution in [0.3, 0.4) is 0 Å². The molecule has 0 unspecified atom stereocenters. The van der Waals surface area contributed by atoms with Gasteiger partial charge in [-0.05, 0) is 38.9 Å².